The second-order valence-electron chi connectivity index (χ2n) is 2.35. The summed E-state index contributed by atoms with van der Waals surface area (Å²) in [5, 5.41) is 6.23. The number of carboxylic acid groups (broad SMARTS) is 1. The molecule has 1 atom stereocenters. The van der Waals surface area contributed by atoms with E-state index in [9.17, 15) is 18.0 Å². The van der Waals surface area contributed by atoms with Crippen LogP contribution in [0.4, 0.5) is 0 Å². The minimum absolute atomic E-state index is 0. The van der Waals surface area contributed by atoms with Crippen molar-refractivity contribution in [1.29, 1.82) is 0 Å². The van der Waals surface area contributed by atoms with Crippen LogP contribution >= 0.6 is 0 Å². The van der Waals surface area contributed by atoms with Crippen LogP contribution in [0.3, 0.4) is 0 Å². The molecule has 0 saturated heterocycles. The Morgan fingerprint density at radius 3 is 2.06 bits per heavy atom. The second-order valence-corrected chi connectivity index (χ2v) is 3.95. The summed E-state index contributed by atoms with van der Waals surface area (Å²) in [5.74, 6) is -2.78. The Morgan fingerprint density at radius 2 is 1.81 bits per heavy atom. The van der Waals surface area contributed by atoms with Gasteiger partial charge in [-0.05, 0) is 6.92 Å². The van der Waals surface area contributed by atoms with Crippen LogP contribution in [0.25, 0.3) is 0 Å². The first-order chi connectivity index (χ1) is 6.29. The van der Waals surface area contributed by atoms with Crippen molar-refractivity contribution >= 4 is 22.1 Å². The van der Waals surface area contributed by atoms with Crippen LogP contribution in [0, 0.1) is 0 Å². The Kier molecular flexibility index (Phi) is 13.6. The molecule has 0 aliphatic heterocycles. The van der Waals surface area contributed by atoms with E-state index in [-0.39, 0.29) is 68.6 Å². The summed E-state index contributed by atoms with van der Waals surface area (Å²) >= 11 is 0. The second kappa shape index (κ2) is 9.84. The van der Waals surface area contributed by atoms with Crippen LogP contribution in [-0.2, 0) is 24.4 Å². The van der Waals surface area contributed by atoms with Crippen LogP contribution in [0.15, 0.2) is 0 Å². The summed E-state index contributed by atoms with van der Waals surface area (Å²) in [5.41, 5.74) is 0. The molecular weight excluding hydrogens is 262 g/mol. The van der Waals surface area contributed by atoms with Crippen molar-refractivity contribution in [3.63, 3.8) is 0 Å². The van der Waals surface area contributed by atoms with Crippen LogP contribution in [0.1, 0.15) is 16.2 Å². The van der Waals surface area contributed by atoms with E-state index in [2.05, 4.69) is 4.74 Å². The summed E-state index contributed by atoms with van der Waals surface area (Å²) in [6, 6.07) is 0. The Morgan fingerprint density at radius 1 is 1.38 bits per heavy atom. The summed E-state index contributed by atoms with van der Waals surface area (Å²) < 4.78 is 34.0. The topological polar surface area (TPSA) is 118 Å². The number of ether oxygens (including phenoxy) is 1. The number of carbonyl (C=O) groups excluding carboxylic acids is 1. The number of carbonyl (C=O) groups is 2. The van der Waals surface area contributed by atoms with Crippen molar-refractivity contribution in [3.8, 4) is 0 Å². The molecule has 0 fully saturated rings. The van der Waals surface area contributed by atoms with Crippen LogP contribution in [0.2, 0.25) is 0 Å². The quantitative estimate of drug-likeness (QED) is 0.291. The van der Waals surface area contributed by atoms with Gasteiger partial charge in [-0.1, -0.05) is 0 Å². The van der Waals surface area contributed by atoms with Crippen molar-refractivity contribution in [2.45, 2.75) is 18.6 Å². The maximum absolute atomic E-state index is 10.9. The molecule has 86 valence electrons. The van der Waals surface area contributed by atoms with Crippen molar-refractivity contribution in [3.05, 3.63) is 0 Å². The fourth-order valence-corrected chi connectivity index (χ4v) is 1.37. The van der Waals surface area contributed by atoms with E-state index in [1.54, 1.807) is 0 Å². The van der Waals surface area contributed by atoms with Gasteiger partial charge in [-0.15, -0.1) is 0 Å². The molecule has 0 aromatic carbocycles. The van der Waals surface area contributed by atoms with E-state index in [0.717, 1.165) is 0 Å². The minimum atomic E-state index is -4.74. The predicted molar refractivity (Wildman–Crippen MR) is 46.4 cm³/mol. The maximum Gasteiger partial charge on any atom is 1.00 e. The summed E-state index contributed by atoms with van der Waals surface area (Å²) in [4.78, 5) is 21.1. The van der Waals surface area contributed by atoms with Crippen LogP contribution < -0.4 is 59.1 Å². The van der Waals surface area contributed by atoms with Crippen molar-refractivity contribution in [1.82, 2.24) is 0 Å². The average molecular weight is 274 g/mol. The number of hydrogen-bond acceptors (Lipinski definition) is 5. The van der Waals surface area contributed by atoms with Gasteiger partial charge >= 0.3 is 71.1 Å². The van der Waals surface area contributed by atoms with E-state index in [1.807, 2.05) is 0 Å². The largest absolute Gasteiger partial charge is 1.00 e. The zero-order valence-electron chi connectivity index (χ0n) is 11.3. The molecule has 0 spiro atoms. The molecule has 0 bridgehead atoms. The maximum atomic E-state index is 10.9. The molecule has 0 heterocycles. The molecule has 0 saturated carbocycles. The predicted octanol–water partition coefficient (Wildman–Crippen LogP) is -6.49. The molecule has 7 nitrogen and oxygen atoms in total. The van der Waals surface area contributed by atoms with Gasteiger partial charge in [0.15, 0.2) is 5.25 Å². The van der Waals surface area contributed by atoms with E-state index < -0.39 is 33.7 Å². The van der Waals surface area contributed by atoms with Gasteiger partial charge in [-0.2, -0.15) is 8.42 Å². The zero-order valence-corrected chi connectivity index (χ0v) is 14.2. The average Bonchev–Trinajstić information content (AvgIpc) is 1.98. The van der Waals surface area contributed by atoms with E-state index >= 15 is 0 Å². The Labute approximate surface area is 140 Å². The third kappa shape index (κ3) is 8.94. The first-order valence-electron chi connectivity index (χ1n) is 3.63. The number of carboxylic acids is 1. The first-order valence-corrected chi connectivity index (χ1v) is 5.14. The zero-order chi connectivity index (χ0) is 11.4. The Bertz CT molecular complexity index is 335. The van der Waals surface area contributed by atoms with Gasteiger partial charge in [0.1, 0.15) is 0 Å². The molecule has 0 amide bonds. The van der Waals surface area contributed by atoms with E-state index in [4.69, 9.17) is 9.66 Å². The standard InChI is InChI=1S/C6H10O7S.2Na.2H/c1-2-13-6(9)4(3-5(7)8)14(10,11)12;;;;/h4H,2-3H2,1H3,(H,7,8)(H,10,11,12);;;;/q;2*+1;2*-1. The SMILES string of the molecule is CCOC(=O)C(CC(=O)O)S(=O)(=O)O.[H-].[H-].[Na+].[Na+]. The van der Waals surface area contributed by atoms with Crippen LogP contribution in [0.5, 0.6) is 0 Å². The fourth-order valence-electron chi connectivity index (χ4n) is 0.704. The Balaban J connectivity index is -0.000000141. The van der Waals surface area contributed by atoms with Crippen molar-refractivity contribution in [2.75, 3.05) is 6.61 Å². The molecule has 0 rings (SSSR count). The van der Waals surface area contributed by atoms with E-state index in [0.29, 0.717) is 0 Å². The molecule has 16 heavy (non-hydrogen) atoms. The van der Waals surface area contributed by atoms with Gasteiger partial charge in [-0.25, -0.2) is 0 Å². The molecular formula is C6H12Na2O7S. The normalized spacial score (nSPS) is 11.6. The van der Waals surface area contributed by atoms with E-state index in [1.165, 1.54) is 6.92 Å². The molecule has 0 aliphatic carbocycles. The molecule has 2 N–H and O–H groups in total. The summed E-state index contributed by atoms with van der Waals surface area (Å²) in [7, 11) is -4.74. The third-order valence-electron chi connectivity index (χ3n) is 1.27. The number of rotatable bonds is 5. The van der Waals surface area contributed by atoms with Crippen molar-refractivity contribution < 1.29 is 94.4 Å². The molecule has 0 radical (unpaired) electrons. The molecule has 0 aliphatic rings. The van der Waals surface area contributed by atoms with Gasteiger partial charge in [0, 0.05) is 0 Å². The molecule has 10 heteroatoms. The minimum Gasteiger partial charge on any atom is -1.00 e. The van der Waals surface area contributed by atoms with Gasteiger partial charge in [0.05, 0.1) is 13.0 Å². The molecule has 0 aromatic heterocycles. The first kappa shape index (κ1) is 22.1. The number of hydrogen-bond donors (Lipinski definition) is 2. The third-order valence-corrected chi connectivity index (χ3v) is 2.35. The smallest absolute Gasteiger partial charge is 1.00 e. The fraction of sp³-hybridized carbons (Fsp3) is 0.667. The molecule has 0 aromatic rings. The van der Waals surface area contributed by atoms with Gasteiger partial charge in [-0.3, -0.25) is 14.1 Å². The summed E-state index contributed by atoms with van der Waals surface area (Å²) in [6.45, 7) is 1.34. The van der Waals surface area contributed by atoms with Gasteiger partial charge in [0.2, 0.25) is 0 Å². The number of aliphatic carboxylic acids is 1. The number of esters is 1. The molecule has 1 unspecified atom stereocenters. The summed E-state index contributed by atoms with van der Waals surface area (Å²) in [6.07, 6.45) is -1.02. The van der Waals surface area contributed by atoms with Crippen LogP contribution in [-0.4, -0.2) is 41.9 Å². The van der Waals surface area contributed by atoms with Gasteiger partial charge < -0.3 is 12.7 Å². The van der Waals surface area contributed by atoms with Crippen molar-refractivity contribution in [2.24, 2.45) is 0 Å². The Hall–Kier alpha value is 0.850. The monoisotopic (exact) mass is 274 g/mol. The van der Waals surface area contributed by atoms with Gasteiger partial charge in [0.25, 0.3) is 10.1 Å².